The Kier molecular flexibility index (Phi) is 3.49. The van der Waals surface area contributed by atoms with E-state index in [1.807, 2.05) is 6.07 Å². The van der Waals surface area contributed by atoms with Gasteiger partial charge in [-0.2, -0.15) is 5.26 Å². The predicted molar refractivity (Wildman–Crippen MR) is 52.1 cm³/mol. The molecule has 1 aromatic carbocycles. The van der Waals surface area contributed by atoms with Crippen molar-refractivity contribution in [1.82, 2.24) is 0 Å². The van der Waals surface area contributed by atoms with E-state index >= 15 is 0 Å². The van der Waals surface area contributed by atoms with Crippen LogP contribution in [0.15, 0.2) is 18.2 Å². The van der Waals surface area contributed by atoms with E-state index < -0.39 is 5.97 Å². The maximum atomic E-state index is 11.2. The second-order valence-corrected chi connectivity index (χ2v) is 3.11. The number of hydrogen-bond donors (Lipinski definition) is 0. The molecule has 3 nitrogen and oxygen atoms in total. The van der Waals surface area contributed by atoms with Gasteiger partial charge in [0, 0.05) is 5.02 Å². The number of benzene rings is 1. The molecule has 0 amide bonds. The summed E-state index contributed by atoms with van der Waals surface area (Å²) in [5, 5.41) is 8.92. The molecule has 0 saturated carbocycles. The Morgan fingerprint density at radius 1 is 1.57 bits per heavy atom. The highest BCUT2D eigenvalue weighted by Gasteiger charge is 2.07. The zero-order valence-electron chi connectivity index (χ0n) is 7.58. The molecule has 0 heterocycles. The first-order chi connectivity index (χ1) is 6.67. The largest absolute Gasteiger partial charge is 0.465 e. The highest BCUT2D eigenvalue weighted by atomic mass is 35.5. The van der Waals surface area contributed by atoms with Gasteiger partial charge in [-0.05, 0) is 23.8 Å². The van der Waals surface area contributed by atoms with Gasteiger partial charge in [0.15, 0.2) is 0 Å². The summed E-state index contributed by atoms with van der Waals surface area (Å²) in [5.41, 5.74) is 1.07. The molecule has 14 heavy (non-hydrogen) atoms. The van der Waals surface area contributed by atoms with Crippen molar-refractivity contribution in [2.75, 3.05) is 7.11 Å². The topological polar surface area (TPSA) is 50.1 Å². The van der Waals surface area contributed by atoms with Crippen LogP contribution in [0.4, 0.5) is 0 Å². The molecule has 0 atom stereocenters. The van der Waals surface area contributed by atoms with Crippen LogP contribution in [-0.4, -0.2) is 13.1 Å². The first-order valence-corrected chi connectivity index (χ1v) is 4.30. The highest BCUT2D eigenvalue weighted by molar-refractivity contribution is 6.31. The molecule has 0 spiro atoms. The lowest BCUT2D eigenvalue weighted by atomic mass is 10.1. The summed E-state index contributed by atoms with van der Waals surface area (Å²) in [6.07, 6.45) is 0.227. The molecule has 0 N–H and O–H groups in total. The van der Waals surface area contributed by atoms with Gasteiger partial charge in [-0.1, -0.05) is 11.6 Å². The lowest BCUT2D eigenvalue weighted by Crippen LogP contribution is -2.01. The molecular weight excluding hydrogens is 202 g/mol. The molecule has 0 fully saturated rings. The average molecular weight is 210 g/mol. The van der Waals surface area contributed by atoms with Gasteiger partial charge in [-0.25, -0.2) is 4.79 Å². The smallest absolute Gasteiger partial charge is 0.337 e. The molecule has 0 bridgehead atoms. The summed E-state index contributed by atoms with van der Waals surface area (Å²) in [5.74, 6) is -0.452. The van der Waals surface area contributed by atoms with Crippen molar-refractivity contribution in [1.29, 1.82) is 5.26 Å². The Bertz CT molecular complexity index is 396. The van der Waals surface area contributed by atoms with Crippen molar-refractivity contribution in [3.05, 3.63) is 34.3 Å². The molecule has 0 aliphatic carbocycles. The van der Waals surface area contributed by atoms with Crippen molar-refractivity contribution < 1.29 is 9.53 Å². The standard InChI is InChI=1S/C10H8ClNO2/c1-14-10(13)8-4-7(2-3-12)5-9(11)6-8/h4-6H,2H2,1H3. The number of nitriles is 1. The van der Waals surface area contributed by atoms with Crippen LogP contribution in [0.25, 0.3) is 0 Å². The molecule has 0 aromatic heterocycles. The molecule has 0 aliphatic heterocycles. The predicted octanol–water partition coefficient (Wildman–Crippen LogP) is 2.19. The fraction of sp³-hybridized carbons (Fsp3) is 0.200. The summed E-state index contributed by atoms with van der Waals surface area (Å²) < 4.78 is 4.54. The summed E-state index contributed by atoms with van der Waals surface area (Å²) >= 11 is 5.77. The minimum atomic E-state index is -0.452. The number of hydrogen-bond acceptors (Lipinski definition) is 3. The van der Waals surface area contributed by atoms with Gasteiger partial charge < -0.3 is 4.74 Å². The second kappa shape index (κ2) is 4.64. The van der Waals surface area contributed by atoms with Gasteiger partial charge in [0.2, 0.25) is 0 Å². The molecule has 1 rings (SSSR count). The number of ether oxygens (including phenoxy) is 1. The van der Waals surface area contributed by atoms with Crippen LogP contribution in [0.1, 0.15) is 15.9 Å². The van der Waals surface area contributed by atoms with Gasteiger partial charge in [0.25, 0.3) is 0 Å². The Morgan fingerprint density at radius 3 is 2.86 bits per heavy atom. The van der Waals surface area contributed by atoms with Crippen molar-refractivity contribution in [3.63, 3.8) is 0 Å². The van der Waals surface area contributed by atoms with E-state index in [4.69, 9.17) is 16.9 Å². The molecule has 1 aromatic rings. The number of nitrogens with zero attached hydrogens (tertiary/aromatic N) is 1. The van der Waals surface area contributed by atoms with E-state index in [0.29, 0.717) is 16.1 Å². The first kappa shape index (κ1) is 10.6. The molecule has 0 radical (unpaired) electrons. The number of methoxy groups -OCH3 is 1. The van der Waals surface area contributed by atoms with Crippen LogP contribution in [0.3, 0.4) is 0 Å². The molecule has 4 heteroatoms. The number of rotatable bonds is 2. The van der Waals surface area contributed by atoms with Crippen LogP contribution in [0, 0.1) is 11.3 Å². The third-order valence-electron chi connectivity index (χ3n) is 1.66. The summed E-state index contributed by atoms with van der Waals surface area (Å²) in [6.45, 7) is 0. The van der Waals surface area contributed by atoms with E-state index in [9.17, 15) is 4.79 Å². The molecule has 0 saturated heterocycles. The lowest BCUT2D eigenvalue weighted by Gasteiger charge is -2.02. The van der Waals surface area contributed by atoms with Gasteiger partial charge in [0.05, 0.1) is 25.2 Å². The number of halogens is 1. The fourth-order valence-corrected chi connectivity index (χ4v) is 1.34. The average Bonchev–Trinajstić information content (AvgIpc) is 2.16. The SMILES string of the molecule is COC(=O)c1cc(Cl)cc(CC#N)c1. The van der Waals surface area contributed by atoms with Crippen molar-refractivity contribution in [2.45, 2.75) is 6.42 Å². The zero-order valence-corrected chi connectivity index (χ0v) is 8.34. The van der Waals surface area contributed by atoms with E-state index in [0.717, 1.165) is 0 Å². The number of carbonyl (C=O) groups excluding carboxylic acids is 1. The summed E-state index contributed by atoms with van der Waals surface area (Å²) in [6, 6.07) is 6.74. The fourth-order valence-electron chi connectivity index (χ4n) is 1.08. The highest BCUT2D eigenvalue weighted by Crippen LogP contribution is 2.16. The van der Waals surface area contributed by atoms with Crippen LogP contribution in [0.2, 0.25) is 5.02 Å². The maximum Gasteiger partial charge on any atom is 0.337 e. The van der Waals surface area contributed by atoms with Gasteiger partial charge in [-0.3, -0.25) is 0 Å². The van der Waals surface area contributed by atoms with Crippen molar-refractivity contribution in [3.8, 4) is 6.07 Å². The molecule has 0 aliphatic rings. The third kappa shape index (κ3) is 2.48. The Balaban J connectivity index is 3.08. The molecule has 72 valence electrons. The zero-order chi connectivity index (χ0) is 10.6. The number of esters is 1. The van der Waals surface area contributed by atoms with E-state index in [1.54, 1.807) is 12.1 Å². The Hall–Kier alpha value is -1.53. The minimum Gasteiger partial charge on any atom is -0.465 e. The normalized spacial score (nSPS) is 9.21. The second-order valence-electron chi connectivity index (χ2n) is 2.67. The summed E-state index contributed by atoms with van der Waals surface area (Å²) in [4.78, 5) is 11.2. The van der Waals surface area contributed by atoms with E-state index in [-0.39, 0.29) is 6.42 Å². The van der Waals surface area contributed by atoms with E-state index in [2.05, 4.69) is 4.74 Å². The monoisotopic (exact) mass is 209 g/mol. The van der Waals surface area contributed by atoms with Crippen LogP contribution < -0.4 is 0 Å². The van der Waals surface area contributed by atoms with Crippen LogP contribution in [-0.2, 0) is 11.2 Å². The minimum absolute atomic E-state index is 0.227. The summed E-state index contributed by atoms with van der Waals surface area (Å²) in [7, 11) is 1.30. The van der Waals surface area contributed by atoms with E-state index in [1.165, 1.54) is 13.2 Å². The van der Waals surface area contributed by atoms with Crippen molar-refractivity contribution >= 4 is 17.6 Å². The van der Waals surface area contributed by atoms with Crippen LogP contribution >= 0.6 is 11.6 Å². The number of carbonyl (C=O) groups is 1. The van der Waals surface area contributed by atoms with Gasteiger partial charge >= 0.3 is 5.97 Å². The third-order valence-corrected chi connectivity index (χ3v) is 1.88. The Labute approximate surface area is 86.9 Å². The van der Waals surface area contributed by atoms with Crippen molar-refractivity contribution in [2.24, 2.45) is 0 Å². The first-order valence-electron chi connectivity index (χ1n) is 3.92. The Morgan fingerprint density at radius 2 is 2.29 bits per heavy atom. The van der Waals surface area contributed by atoms with Gasteiger partial charge in [0.1, 0.15) is 0 Å². The van der Waals surface area contributed by atoms with Crippen LogP contribution in [0.5, 0.6) is 0 Å². The maximum absolute atomic E-state index is 11.2. The quantitative estimate of drug-likeness (QED) is 0.702. The molecule has 0 unspecified atom stereocenters. The lowest BCUT2D eigenvalue weighted by molar-refractivity contribution is 0.0600. The molecular formula is C10H8ClNO2. The van der Waals surface area contributed by atoms with Gasteiger partial charge in [-0.15, -0.1) is 0 Å².